The molecule has 2 rings (SSSR count). The topological polar surface area (TPSA) is 176 Å². The molecule has 152 valence electrons. The van der Waals surface area contributed by atoms with Crippen molar-refractivity contribution in [2.24, 2.45) is 5.73 Å². The highest BCUT2D eigenvalue weighted by Crippen LogP contribution is 2.17. The number of rotatable bonds is 8. The van der Waals surface area contributed by atoms with Crippen LogP contribution >= 0.6 is 0 Å². The van der Waals surface area contributed by atoms with Crippen molar-refractivity contribution in [2.45, 2.75) is 13.0 Å². The molecule has 1 atom stereocenters. The first-order valence-electron chi connectivity index (χ1n) is 8.30. The Morgan fingerprint density at radius 3 is 2.45 bits per heavy atom. The van der Waals surface area contributed by atoms with E-state index in [1.807, 2.05) is 0 Å². The molecular formula is C19H19N3O7. The second-order valence-electron chi connectivity index (χ2n) is 5.90. The Morgan fingerprint density at radius 1 is 1.24 bits per heavy atom. The normalized spacial score (nSPS) is 12.1. The lowest BCUT2D eigenvalue weighted by atomic mass is 10.2. The van der Waals surface area contributed by atoms with Crippen LogP contribution in [0.3, 0.4) is 0 Å². The molecular weight excluding hydrogens is 382 g/mol. The van der Waals surface area contributed by atoms with Crippen LogP contribution < -0.4 is 15.8 Å². The Balaban J connectivity index is 2.04. The van der Waals surface area contributed by atoms with Gasteiger partial charge in [-0.15, -0.1) is 0 Å². The summed E-state index contributed by atoms with van der Waals surface area (Å²) < 4.78 is 10.5. The van der Waals surface area contributed by atoms with Gasteiger partial charge in [0.15, 0.2) is 6.04 Å². The Labute approximate surface area is 165 Å². The van der Waals surface area contributed by atoms with Gasteiger partial charge in [-0.1, -0.05) is 0 Å². The maximum absolute atomic E-state index is 12.1. The fraction of sp³-hybridized carbons (Fsp3) is 0.158. The monoisotopic (exact) mass is 401 g/mol. The van der Waals surface area contributed by atoms with Gasteiger partial charge in [0, 0.05) is 11.1 Å². The van der Waals surface area contributed by atoms with Crippen LogP contribution in [-0.2, 0) is 9.59 Å². The van der Waals surface area contributed by atoms with Gasteiger partial charge < -0.3 is 30.4 Å². The number of esters is 1. The van der Waals surface area contributed by atoms with E-state index in [2.05, 4.69) is 5.32 Å². The van der Waals surface area contributed by atoms with Crippen molar-refractivity contribution >= 4 is 29.8 Å². The van der Waals surface area contributed by atoms with Crippen LogP contribution in [0.5, 0.6) is 5.75 Å². The molecule has 29 heavy (non-hydrogen) atoms. The number of carboxylic acids is 1. The zero-order valence-corrected chi connectivity index (χ0v) is 15.3. The highest BCUT2D eigenvalue weighted by atomic mass is 16.5. The number of aliphatic hydroxyl groups is 1. The highest BCUT2D eigenvalue weighted by Gasteiger charge is 2.20. The fourth-order valence-corrected chi connectivity index (χ4v) is 2.14. The molecule has 6 N–H and O–H groups in total. The van der Waals surface area contributed by atoms with E-state index in [1.54, 1.807) is 0 Å². The van der Waals surface area contributed by atoms with Gasteiger partial charge in [-0.25, -0.2) is 9.59 Å². The first-order chi connectivity index (χ1) is 13.7. The molecule has 0 radical (unpaired) electrons. The molecule has 0 aliphatic rings. The van der Waals surface area contributed by atoms with Gasteiger partial charge in [0.05, 0.1) is 6.61 Å². The van der Waals surface area contributed by atoms with Gasteiger partial charge in [-0.3, -0.25) is 10.2 Å². The summed E-state index contributed by atoms with van der Waals surface area (Å²) in [7, 11) is 0. The predicted molar refractivity (Wildman–Crippen MR) is 101 cm³/mol. The third-order valence-electron chi connectivity index (χ3n) is 3.71. The van der Waals surface area contributed by atoms with Gasteiger partial charge in [0.1, 0.15) is 17.3 Å². The van der Waals surface area contributed by atoms with Crippen molar-refractivity contribution in [3.8, 4) is 5.75 Å². The number of hydrogen-bond donors (Lipinski definition) is 5. The van der Waals surface area contributed by atoms with Crippen LogP contribution in [0.4, 0.5) is 0 Å². The van der Waals surface area contributed by atoms with Crippen LogP contribution in [0, 0.1) is 5.41 Å². The van der Waals surface area contributed by atoms with E-state index in [9.17, 15) is 14.4 Å². The second kappa shape index (κ2) is 9.33. The predicted octanol–water partition coefficient (Wildman–Crippen LogP) is 0.748. The van der Waals surface area contributed by atoms with Gasteiger partial charge in [-0.05, 0) is 49.4 Å². The number of ether oxygens (including phenoxy) is 1. The maximum Gasteiger partial charge on any atom is 0.379 e. The quantitative estimate of drug-likeness (QED) is 0.141. The Morgan fingerprint density at radius 2 is 1.90 bits per heavy atom. The zero-order chi connectivity index (χ0) is 21.6. The Hall–Kier alpha value is -3.92. The number of carbonyl (C=O) groups excluding carboxylic acids is 2. The number of aliphatic hydroxyl groups excluding tert-OH is 1. The third-order valence-corrected chi connectivity index (χ3v) is 3.71. The molecule has 1 aromatic heterocycles. The molecule has 2 aromatic rings. The zero-order valence-electron chi connectivity index (χ0n) is 15.3. The third kappa shape index (κ3) is 5.78. The second-order valence-corrected chi connectivity index (χ2v) is 5.90. The van der Waals surface area contributed by atoms with E-state index in [0.717, 1.165) is 0 Å². The first-order valence-corrected chi connectivity index (χ1v) is 8.30. The minimum Gasteiger partial charge on any atom is -0.480 e. The summed E-state index contributed by atoms with van der Waals surface area (Å²) in [6, 6.07) is 7.38. The van der Waals surface area contributed by atoms with Gasteiger partial charge in [0.25, 0.3) is 0 Å². The average molecular weight is 401 g/mol. The number of furan rings is 1. The number of aliphatic carboxylic acids is 1. The van der Waals surface area contributed by atoms with Crippen molar-refractivity contribution in [1.29, 1.82) is 5.41 Å². The fourth-order valence-electron chi connectivity index (χ4n) is 2.14. The molecule has 10 heteroatoms. The van der Waals surface area contributed by atoms with Crippen molar-refractivity contribution in [3.63, 3.8) is 0 Å². The lowest BCUT2D eigenvalue weighted by Gasteiger charge is -2.11. The highest BCUT2D eigenvalue weighted by molar-refractivity contribution is 5.99. The van der Waals surface area contributed by atoms with E-state index in [0.29, 0.717) is 5.56 Å². The van der Waals surface area contributed by atoms with Gasteiger partial charge in [0.2, 0.25) is 11.7 Å². The van der Waals surface area contributed by atoms with Crippen LogP contribution in [0.25, 0.3) is 6.08 Å². The molecule has 0 aliphatic carbocycles. The smallest absolute Gasteiger partial charge is 0.379 e. The van der Waals surface area contributed by atoms with E-state index >= 15 is 0 Å². The Bertz CT molecular complexity index is 960. The number of nitrogen functional groups attached to an aromatic ring is 1. The minimum atomic E-state index is -1.43. The number of nitrogens with two attached hydrogens (primary N) is 1. The van der Waals surface area contributed by atoms with Crippen molar-refractivity contribution in [3.05, 3.63) is 59.1 Å². The van der Waals surface area contributed by atoms with Crippen LogP contribution in [0.1, 0.15) is 28.8 Å². The van der Waals surface area contributed by atoms with Crippen molar-refractivity contribution < 1.29 is 33.8 Å². The molecule has 1 unspecified atom stereocenters. The van der Waals surface area contributed by atoms with Crippen molar-refractivity contribution in [2.75, 3.05) is 6.61 Å². The van der Waals surface area contributed by atoms with E-state index in [-0.39, 0.29) is 28.7 Å². The molecule has 1 aromatic carbocycles. The first kappa shape index (κ1) is 21.4. The standard InChI is InChI=1S/C19H19N3O7/c1-10(17(24)22-14(9-23)18(25)26)8-13-6-7-15(28-13)19(27)29-12-4-2-11(3-5-12)16(20)21/h2-8,14,23H,9H2,1H3,(H3,20,21)(H,22,24)(H,25,26). The van der Waals surface area contributed by atoms with E-state index in [1.165, 1.54) is 49.4 Å². The van der Waals surface area contributed by atoms with E-state index in [4.69, 9.17) is 30.5 Å². The summed E-state index contributed by atoms with van der Waals surface area (Å²) in [5.41, 5.74) is 5.95. The van der Waals surface area contributed by atoms with E-state index < -0.39 is 30.5 Å². The summed E-state index contributed by atoms with van der Waals surface area (Å²) in [5, 5.41) is 27.3. The number of amidine groups is 1. The Kier molecular flexibility index (Phi) is 6.88. The summed E-state index contributed by atoms with van der Waals surface area (Å²) in [6.45, 7) is 0.668. The number of nitrogens with one attached hydrogen (secondary N) is 2. The molecule has 0 aliphatic heterocycles. The van der Waals surface area contributed by atoms with Gasteiger partial charge >= 0.3 is 11.9 Å². The number of carboxylic acid groups (broad SMARTS) is 1. The molecule has 0 bridgehead atoms. The maximum atomic E-state index is 12.1. The molecule has 1 heterocycles. The SMILES string of the molecule is CC(=Cc1ccc(C(=O)Oc2ccc(C(=N)N)cc2)o1)C(=O)NC(CO)C(=O)O. The molecule has 0 saturated heterocycles. The number of benzene rings is 1. The van der Waals surface area contributed by atoms with Crippen LogP contribution in [0.2, 0.25) is 0 Å². The number of hydrogen-bond acceptors (Lipinski definition) is 7. The summed E-state index contributed by atoms with van der Waals surface area (Å²) in [5.74, 6) is -2.67. The summed E-state index contributed by atoms with van der Waals surface area (Å²) in [4.78, 5) is 35.0. The number of carbonyl (C=O) groups is 3. The van der Waals surface area contributed by atoms with Crippen LogP contribution in [0.15, 0.2) is 46.4 Å². The molecule has 1 amide bonds. The molecule has 0 saturated carbocycles. The molecule has 0 fully saturated rings. The van der Waals surface area contributed by atoms with Gasteiger partial charge in [-0.2, -0.15) is 0 Å². The molecule has 0 spiro atoms. The summed E-state index contributed by atoms with van der Waals surface area (Å²) >= 11 is 0. The number of amides is 1. The summed E-state index contributed by atoms with van der Waals surface area (Å²) in [6.07, 6.45) is 1.31. The van der Waals surface area contributed by atoms with Crippen molar-refractivity contribution in [1.82, 2.24) is 5.32 Å². The average Bonchev–Trinajstić information content (AvgIpc) is 3.14. The lowest BCUT2D eigenvalue weighted by Crippen LogP contribution is -2.43. The van der Waals surface area contributed by atoms with Crippen LogP contribution in [-0.4, -0.2) is 46.5 Å². The lowest BCUT2D eigenvalue weighted by molar-refractivity contribution is -0.142. The minimum absolute atomic E-state index is 0.110. The molecule has 10 nitrogen and oxygen atoms in total. The largest absolute Gasteiger partial charge is 0.480 e.